The van der Waals surface area contributed by atoms with Crippen LogP contribution >= 0.6 is 0 Å². The van der Waals surface area contributed by atoms with Gasteiger partial charge in [0.15, 0.2) is 11.6 Å². The third kappa shape index (κ3) is 2.73. The smallest absolute Gasteiger partial charge is 0.303 e. The molecule has 0 atom stereocenters. The summed E-state index contributed by atoms with van der Waals surface area (Å²) >= 11 is 0. The molecule has 19 heavy (non-hydrogen) atoms. The molecule has 0 aliphatic rings. The van der Waals surface area contributed by atoms with E-state index in [4.69, 9.17) is 9.52 Å². The van der Waals surface area contributed by atoms with Gasteiger partial charge in [0.05, 0.1) is 6.26 Å². The van der Waals surface area contributed by atoms with E-state index in [1.54, 1.807) is 13.0 Å². The van der Waals surface area contributed by atoms with Crippen LogP contribution in [0.4, 0.5) is 0 Å². The minimum absolute atomic E-state index is 0.0925. The Kier molecular flexibility index (Phi) is 3.50. The molecule has 0 saturated heterocycles. The number of hydrogen-bond acceptors (Lipinski definition) is 4. The van der Waals surface area contributed by atoms with E-state index in [0.29, 0.717) is 22.8 Å². The highest BCUT2D eigenvalue weighted by Crippen LogP contribution is 2.20. The van der Waals surface area contributed by atoms with Crippen molar-refractivity contribution in [3.63, 3.8) is 0 Å². The molecule has 6 nitrogen and oxygen atoms in total. The monoisotopic (exact) mass is 262 g/mol. The van der Waals surface area contributed by atoms with Gasteiger partial charge in [-0.25, -0.2) is 4.98 Å². The lowest BCUT2D eigenvalue weighted by Gasteiger charge is -2.05. The number of nitrogens with zero attached hydrogens (tertiary/aromatic N) is 1. The maximum atomic E-state index is 11.9. The zero-order valence-corrected chi connectivity index (χ0v) is 10.7. The van der Waals surface area contributed by atoms with Crippen LogP contribution in [0.3, 0.4) is 0 Å². The number of hydrogen-bond donors (Lipinski definition) is 2. The summed E-state index contributed by atoms with van der Waals surface area (Å²) in [6.07, 6.45) is 1.60. The van der Waals surface area contributed by atoms with Crippen molar-refractivity contribution in [2.24, 2.45) is 0 Å². The Morgan fingerprint density at radius 1 is 1.47 bits per heavy atom. The van der Waals surface area contributed by atoms with Gasteiger partial charge in [0.1, 0.15) is 0 Å². The molecule has 0 bridgehead atoms. The summed E-state index contributed by atoms with van der Waals surface area (Å²) in [6.45, 7) is 3.54. The number of carbonyl (C=O) groups is 1. The lowest BCUT2D eigenvalue weighted by molar-refractivity contribution is -0.136. The third-order valence-corrected chi connectivity index (χ3v) is 2.89. The van der Waals surface area contributed by atoms with Crippen LogP contribution in [0.1, 0.15) is 23.2 Å². The summed E-state index contributed by atoms with van der Waals surface area (Å²) < 4.78 is 5.27. The van der Waals surface area contributed by atoms with Gasteiger partial charge in [-0.15, -0.1) is 0 Å². The Labute approximate surface area is 109 Å². The highest BCUT2D eigenvalue weighted by molar-refractivity contribution is 5.67. The summed E-state index contributed by atoms with van der Waals surface area (Å²) in [5.41, 5.74) is 1.48. The van der Waals surface area contributed by atoms with Crippen LogP contribution in [0, 0.1) is 13.8 Å². The zero-order valence-electron chi connectivity index (χ0n) is 10.7. The molecular formula is C13H14N2O4. The molecule has 0 aliphatic heterocycles. The Bertz CT molecular complexity index is 670. The Morgan fingerprint density at radius 3 is 2.74 bits per heavy atom. The number of carboxylic acids is 1. The first kappa shape index (κ1) is 13.1. The summed E-state index contributed by atoms with van der Waals surface area (Å²) in [6, 6.07) is 1.78. The number of aryl methyl sites for hydroxylation is 2. The maximum absolute atomic E-state index is 11.9. The van der Waals surface area contributed by atoms with Gasteiger partial charge in [-0.1, -0.05) is 0 Å². The van der Waals surface area contributed by atoms with Crippen molar-refractivity contribution in [2.75, 3.05) is 0 Å². The van der Waals surface area contributed by atoms with Crippen molar-refractivity contribution in [1.29, 1.82) is 0 Å². The van der Waals surface area contributed by atoms with E-state index in [9.17, 15) is 9.59 Å². The van der Waals surface area contributed by atoms with Gasteiger partial charge in [0.2, 0.25) is 0 Å². The number of H-pyrrole nitrogens is 1. The summed E-state index contributed by atoms with van der Waals surface area (Å²) in [7, 11) is 0. The van der Waals surface area contributed by atoms with E-state index in [1.165, 1.54) is 6.26 Å². The second-order valence-corrected chi connectivity index (χ2v) is 4.30. The van der Waals surface area contributed by atoms with E-state index in [-0.39, 0.29) is 18.4 Å². The molecule has 2 rings (SSSR count). The average Bonchev–Trinajstić information content (AvgIpc) is 2.73. The molecule has 0 aromatic carbocycles. The van der Waals surface area contributed by atoms with E-state index in [1.807, 2.05) is 6.92 Å². The standard InChI is InChI=1S/C13H14N2O4/c1-7-5-6-19-11(7)12-14-8(2)9(13(18)15-12)3-4-10(16)17/h5-6H,3-4H2,1-2H3,(H,16,17)(H,14,15,18). The van der Waals surface area contributed by atoms with Crippen molar-refractivity contribution in [2.45, 2.75) is 26.7 Å². The van der Waals surface area contributed by atoms with Crippen LogP contribution in [-0.4, -0.2) is 21.0 Å². The van der Waals surface area contributed by atoms with Crippen LogP contribution in [-0.2, 0) is 11.2 Å². The molecule has 2 aromatic rings. The molecule has 0 unspecified atom stereocenters. The summed E-state index contributed by atoms with van der Waals surface area (Å²) in [4.78, 5) is 29.4. The molecule has 2 N–H and O–H groups in total. The van der Waals surface area contributed by atoms with E-state index >= 15 is 0 Å². The molecular weight excluding hydrogens is 248 g/mol. The molecule has 0 spiro atoms. The molecule has 0 fully saturated rings. The average molecular weight is 262 g/mol. The number of aliphatic carboxylic acids is 1. The number of nitrogens with one attached hydrogen (secondary N) is 1. The SMILES string of the molecule is Cc1ccoc1-c1nc(C)c(CCC(=O)O)c(=O)[nH]1. The van der Waals surface area contributed by atoms with Crippen LogP contribution in [0.15, 0.2) is 21.5 Å². The fraction of sp³-hybridized carbons (Fsp3) is 0.308. The highest BCUT2D eigenvalue weighted by atomic mass is 16.4. The highest BCUT2D eigenvalue weighted by Gasteiger charge is 2.13. The van der Waals surface area contributed by atoms with Gasteiger partial charge in [0.25, 0.3) is 5.56 Å². The lowest BCUT2D eigenvalue weighted by Crippen LogP contribution is -2.18. The molecule has 0 amide bonds. The van der Waals surface area contributed by atoms with Gasteiger partial charge < -0.3 is 14.5 Å². The van der Waals surface area contributed by atoms with Gasteiger partial charge in [-0.3, -0.25) is 9.59 Å². The van der Waals surface area contributed by atoms with E-state index in [2.05, 4.69) is 9.97 Å². The van der Waals surface area contributed by atoms with Crippen molar-refractivity contribution >= 4 is 5.97 Å². The molecule has 0 aliphatic carbocycles. The quantitative estimate of drug-likeness (QED) is 0.873. The molecule has 2 heterocycles. The van der Waals surface area contributed by atoms with Crippen molar-refractivity contribution in [3.05, 3.63) is 39.5 Å². The molecule has 2 aromatic heterocycles. The van der Waals surface area contributed by atoms with Gasteiger partial charge >= 0.3 is 5.97 Å². The maximum Gasteiger partial charge on any atom is 0.303 e. The van der Waals surface area contributed by atoms with Gasteiger partial charge in [-0.2, -0.15) is 0 Å². The molecule has 0 radical (unpaired) electrons. The van der Waals surface area contributed by atoms with E-state index < -0.39 is 5.97 Å². The number of rotatable bonds is 4. The minimum atomic E-state index is -0.940. The Hall–Kier alpha value is -2.37. The predicted octanol–water partition coefficient (Wildman–Crippen LogP) is 1.66. The third-order valence-electron chi connectivity index (χ3n) is 2.89. The topological polar surface area (TPSA) is 96.2 Å². The van der Waals surface area contributed by atoms with Crippen LogP contribution in [0.25, 0.3) is 11.6 Å². The second-order valence-electron chi connectivity index (χ2n) is 4.30. The number of carboxylic acid groups (broad SMARTS) is 1. The summed E-state index contributed by atoms with van der Waals surface area (Å²) in [5.74, 6) is -0.0567. The van der Waals surface area contributed by atoms with Crippen LogP contribution in [0.2, 0.25) is 0 Å². The second kappa shape index (κ2) is 5.09. The molecule has 6 heteroatoms. The number of furan rings is 1. The predicted molar refractivity (Wildman–Crippen MR) is 68.0 cm³/mol. The van der Waals surface area contributed by atoms with Crippen molar-refractivity contribution < 1.29 is 14.3 Å². The largest absolute Gasteiger partial charge is 0.481 e. The van der Waals surface area contributed by atoms with Crippen LogP contribution < -0.4 is 5.56 Å². The lowest BCUT2D eigenvalue weighted by atomic mass is 10.1. The molecule has 100 valence electrons. The van der Waals surface area contributed by atoms with Crippen LogP contribution in [0.5, 0.6) is 0 Å². The number of aromatic nitrogens is 2. The first-order valence-corrected chi connectivity index (χ1v) is 5.85. The van der Waals surface area contributed by atoms with Crippen molar-refractivity contribution in [3.8, 4) is 11.6 Å². The fourth-order valence-corrected chi connectivity index (χ4v) is 1.86. The zero-order chi connectivity index (χ0) is 14.0. The Balaban J connectivity index is 2.40. The normalized spacial score (nSPS) is 10.6. The molecule has 0 saturated carbocycles. The number of aromatic amines is 1. The van der Waals surface area contributed by atoms with Crippen molar-refractivity contribution in [1.82, 2.24) is 9.97 Å². The van der Waals surface area contributed by atoms with Gasteiger partial charge in [-0.05, 0) is 31.9 Å². The van der Waals surface area contributed by atoms with E-state index in [0.717, 1.165) is 5.56 Å². The Morgan fingerprint density at radius 2 is 2.21 bits per heavy atom. The first-order chi connectivity index (χ1) is 8.99. The minimum Gasteiger partial charge on any atom is -0.481 e. The summed E-state index contributed by atoms with van der Waals surface area (Å²) in [5, 5.41) is 8.65. The van der Waals surface area contributed by atoms with Gasteiger partial charge in [0, 0.05) is 17.7 Å². The first-order valence-electron chi connectivity index (χ1n) is 5.85. The fourth-order valence-electron chi connectivity index (χ4n) is 1.86.